The summed E-state index contributed by atoms with van der Waals surface area (Å²) in [7, 11) is 0. The van der Waals surface area contributed by atoms with Crippen LogP contribution >= 0.6 is 23.4 Å². The van der Waals surface area contributed by atoms with E-state index in [9.17, 15) is 4.79 Å². The van der Waals surface area contributed by atoms with Gasteiger partial charge in [-0.05, 0) is 67.8 Å². The van der Waals surface area contributed by atoms with Gasteiger partial charge >= 0.3 is 0 Å². The smallest absolute Gasteiger partial charge is 0.240 e. The van der Waals surface area contributed by atoms with Crippen LogP contribution in [0.5, 0.6) is 0 Å². The number of hydrogen-bond donors (Lipinski definition) is 0. The van der Waals surface area contributed by atoms with Gasteiger partial charge in [0.05, 0.1) is 5.25 Å². The van der Waals surface area contributed by atoms with Crippen LogP contribution in [-0.2, 0) is 11.2 Å². The summed E-state index contributed by atoms with van der Waals surface area (Å²) in [5.74, 6) is 0.758. The molecule has 2 aromatic heterocycles. The van der Waals surface area contributed by atoms with E-state index in [4.69, 9.17) is 11.6 Å². The van der Waals surface area contributed by atoms with Gasteiger partial charge in [-0.25, -0.2) is 0 Å². The topological polar surface area (TPSA) is 63.9 Å². The fraction of sp³-hybridized carbons (Fsp3) is 0.200. The van der Waals surface area contributed by atoms with E-state index in [1.54, 1.807) is 12.4 Å². The average molecular weight is 476 g/mol. The summed E-state index contributed by atoms with van der Waals surface area (Å²) >= 11 is 7.53. The summed E-state index contributed by atoms with van der Waals surface area (Å²) in [5.41, 5.74) is 4.00. The highest BCUT2D eigenvalue weighted by Gasteiger charge is 2.28. The molecule has 0 spiro atoms. The molecule has 8 heteroatoms. The number of anilines is 1. The highest BCUT2D eigenvalue weighted by atomic mass is 35.5. The van der Waals surface area contributed by atoms with Crippen molar-refractivity contribution >= 4 is 35.0 Å². The van der Waals surface area contributed by atoms with Gasteiger partial charge in [0.2, 0.25) is 5.91 Å². The van der Waals surface area contributed by atoms with Crippen LogP contribution in [0.25, 0.3) is 17.1 Å². The Kier molecular flexibility index (Phi) is 6.15. The molecule has 0 bridgehead atoms. The highest BCUT2D eigenvalue weighted by Crippen LogP contribution is 2.33. The Morgan fingerprint density at radius 2 is 1.79 bits per heavy atom. The van der Waals surface area contributed by atoms with Crippen molar-refractivity contribution in [2.45, 2.75) is 30.2 Å². The standard InChI is InChI=1S/C25H22ClN5OS/c1-17(24(32)30-16-4-6-18-5-2-3-7-22(18)30)33-25-29-28-23(19-12-14-27-15-13-19)31(25)21-10-8-20(26)9-11-21/h2-3,5,7-15,17H,4,6,16H2,1H3. The minimum atomic E-state index is -0.336. The molecule has 0 saturated heterocycles. The molecule has 1 amide bonds. The maximum absolute atomic E-state index is 13.5. The first kappa shape index (κ1) is 21.7. The molecule has 0 radical (unpaired) electrons. The third kappa shape index (κ3) is 4.38. The van der Waals surface area contributed by atoms with Gasteiger partial charge in [-0.2, -0.15) is 0 Å². The lowest BCUT2D eigenvalue weighted by molar-refractivity contribution is -0.117. The number of pyridine rings is 1. The number of thioether (sulfide) groups is 1. The van der Waals surface area contributed by atoms with Gasteiger partial charge in [0.1, 0.15) is 0 Å². The molecule has 1 unspecified atom stereocenters. The van der Waals surface area contributed by atoms with E-state index in [2.05, 4.69) is 21.2 Å². The van der Waals surface area contributed by atoms with E-state index in [1.165, 1.54) is 17.3 Å². The molecule has 166 valence electrons. The zero-order chi connectivity index (χ0) is 22.8. The molecule has 2 aromatic carbocycles. The first-order valence-electron chi connectivity index (χ1n) is 10.8. The van der Waals surface area contributed by atoms with Crippen molar-refractivity contribution in [3.8, 4) is 17.1 Å². The minimum absolute atomic E-state index is 0.0725. The lowest BCUT2D eigenvalue weighted by Gasteiger charge is -2.31. The van der Waals surface area contributed by atoms with Crippen LogP contribution in [0.2, 0.25) is 5.02 Å². The summed E-state index contributed by atoms with van der Waals surface area (Å²) in [6, 6.07) is 19.4. The molecule has 4 aromatic rings. The number of para-hydroxylation sites is 1. The number of benzene rings is 2. The van der Waals surface area contributed by atoms with Gasteiger partial charge in [0.15, 0.2) is 11.0 Å². The normalized spacial score (nSPS) is 14.1. The quantitative estimate of drug-likeness (QED) is 0.359. The summed E-state index contributed by atoms with van der Waals surface area (Å²) in [4.78, 5) is 19.5. The summed E-state index contributed by atoms with van der Waals surface area (Å²) in [6.45, 7) is 2.66. The zero-order valence-electron chi connectivity index (χ0n) is 18.1. The molecule has 0 saturated carbocycles. The Morgan fingerprint density at radius 1 is 1.03 bits per heavy atom. The Labute approximate surface area is 201 Å². The summed E-state index contributed by atoms with van der Waals surface area (Å²) in [5, 5.41) is 9.87. The fourth-order valence-corrected chi connectivity index (χ4v) is 5.10. The van der Waals surface area contributed by atoms with Gasteiger partial charge < -0.3 is 4.90 Å². The van der Waals surface area contributed by atoms with Crippen LogP contribution in [-0.4, -0.2) is 37.5 Å². The summed E-state index contributed by atoms with van der Waals surface area (Å²) < 4.78 is 1.96. The molecule has 3 heterocycles. The molecule has 0 N–H and O–H groups in total. The molecule has 1 aliphatic heterocycles. The number of aromatic nitrogens is 4. The van der Waals surface area contributed by atoms with Crippen LogP contribution in [0, 0.1) is 0 Å². The van der Waals surface area contributed by atoms with Crippen molar-refractivity contribution in [2.24, 2.45) is 0 Å². The van der Waals surface area contributed by atoms with Crippen molar-refractivity contribution < 1.29 is 4.79 Å². The monoisotopic (exact) mass is 475 g/mol. The Morgan fingerprint density at radius 3 is 2.58 bits per heavy atom. The second-order valence-corrected chi connectivity index (χ2v) is 9.58. The number of fused-ring (bicyclic) bond motifs is 1. The third-order valence-electron chi connectivity index (χ3n) is 5.66. The van der Waals surface area contributed by atoms with Crippen LogP contribution < -0.4 is 4.90 Å². The van der Waals surface area contributed by atoms with Gasteiger partial charge in [-0.15, -0.1) is 10.2 Å². The predicted octanol–water partition coefficient (Wildman–Crippen LogP) is 5.44. The molecular weight excluding hydrogens is 454 g/mol. The van der Waals surface area contributed by atoms with Gasteiger partial charge in [-0.1, -0.05) is 41.6 Å². The third-order valence-corrected chi connectivity index (χ3v) is 6.95. The molecule has 5 rings (SSSR count). The van der Waals surface area contributed by atoms with Crippen LogP contribution in [0.15, 0.2) is 78.2 Å². The van der Waals surface area contributed by atoms with E-state index >= 15 is 0 Å². The van der Waals surface area contributed by atoms with E-state index in [0.717, 1.165) is 36.3 Å². The largest absolute Gasteiger partial charge is 0.311 e. The molecule has 1 atom stereocenters. The Balaban J connectivity index is 1.48. The van der Waals surface area contributed by atoms with Crippen molar-refractivity contribution in [1.82, 2.24) is 19.7 Å². The van der Waals surface area contributed by atoms with Crippen molar-refractivity contribution in [3.63, 3.8) is 0 Å². The van der Waals surface area contributed by atoms with E-state index < -0.39 is 0 Å². The van der Waals surface area contributed by atoms with Gasteiger partial charge in [0, 0.05) is 40.9 Å². The number of hydrogen-bond acceptors (Lipinski definition) is 5. The SMILES string of the molecule is CC(Sc1nnc(-c2ccncc2)n1-c1ccc(Cl)cc1)C(=O)N1CCCc2ccccc21. The second kappa shape index (κ2) is 9.37. The molecular formula is C25H22ClN5OS. The first-order chi connectivity index (χ1) is 16.1. The van der Waals surface area contributed by atoms with Crippen LogP contribution in [0.1, 0.15) is 18.9 Å². The summed E-state index contributed by atoms with van der Waals surface area (Å²) in [6.07, 6.45) is 5.42. The lowest BCUT2D eigenvalue weighted by Crippen LogP contribution is -2.40. The maximum Gasteiger partial charge on any atom is 0.240 e. The number of nitrogens with zero attached hydrogens (tertiary/aromatic N) is 5. The van der Waals surface area contributed by atoms with Crippen LogP contribution in [0.3, 0.4) is 0 Å². The van der Waals surface area contributed by atoms with E-state index in [0.29, 0.717) is 16.0 Å². The van der Waals surface area contributed by atoms with E-state index in [1.807, 2.05) is 71.0 Å². The Bertz CT molecular complexity index is 1280. The van der Waals surface area contributed by atoms with Crippen molar-refractivity contribution in [2.75, 3.05) is 11.4 Å². The van der Waals surface area contributed by atoms with Gasteiger partial charge in [-0.3, -0.25) is 14.3 Å². The maximum atomic E-state index is 13.5. The van der Waals surface area contributed by atoms with Crippen molar-refractivity contribution in [3.05, 3.63) is 83.6 Å². The molecule has 6 nitrogen and oxygen atoms in total. The average Bonchev–Trinajstić information content (AvgIpc) is 3.27. The number of rotatable bonds is 5. The lowest BCUT2D eigenvalue weighted by atomic mass is 10.0. The molecule has 0 aliphatic carbocycles. The second-order valence-electron chi connectivity index (χ2n) is 7.84. The number of aryl methyl sites for hydroxylation is 1. The Hall–Kier alpha value is -3.16. The van der Waals surface area contributed by atoms with E-state index in [-0.39, 0.29) is 11.2 Å². The number of carbonyl (C=O) groups is 1. The number of halogens is 1. The number of amides is 1. The number of carbonyl (C=O) groups excluding carboxylic acids is 1. The first-order valence-corrected chi connectivity index (χ1v) is 12.1. The highest BCUT2D eigenvalue weighted by molar-refractivity contribution is 8.00. The fourth-order valence-electron chi connectivity index (χ4n) is 4.05. The van der Waals surface area contributed by atoms with Gasteiger partial charge in [0.25, 0.3) is 0 Å². The van der Waals surface area contributed by atoms with Crippen molar-refractivity contribution in [1.29, 1.82) is 0 Å². The predicted molar refractivity (Wildman–Crippen MR) is 132 cm³/mol. The van der Waals surface area contributed by atoms with Crippen LogP contribution in [0.4, 0.5) is 5.69 Å². The molecule has 0 fully saturated rings. The molecule has 33 heavy (non-hydrogen) atoms. The zero-order valence-corrected chi connectivity index (χ0v) is 19.6. The minimum Gasteiger partial charge on any atom is -0.311 e. The molecule has 1 aliphatic rings.